The van der Waals surface area contributed by atoms with E-state index in [1.54, 1.807) is 0 Å². The Morgan fingerprint density at radius 3 is 2.55 bits per heavy atom. The second kappa shape index (κ2) is 3.83. The molecule has 64 valence electrons. The number of hydrogen-bond acceptors (Lipinski definition) is 2. The number of ether oxygens (including phenoxy) is 1. The Hall–Kier alpha value is -0.410. The van der Waals surface area contributed by atoms with Gasteiger partial charge in [0.1, 0.15) is 13.1 Å². The molecule has 0 saturated carbocycles. The Morgan fingerprint density at radius 2 is 2.09 bits per heavy atom. The molecule has 3 nitrogen and oxygen atoms in total. The lowest BCUT2D eigenvalue weighted by molar-refractivity contribution is -0.854. The number of morpholine rings is 1. The summed E-state index contributed by atoms with van der Waals surface area (Å²) in [6.45, 7) is 6.26. The van der Waals surface area contributed by atoms with E-state index in [4.69, 9.17) is 4.74 Å². The molecule has 1 fully saturated rings. The molecule has 0 aromatic rings. The lowest BCUT2D eigenvalue weighted by Gasteiger charge is -2.34. The fraction of sp³-hybridized carbons (Fsp3) is 0.875. The fourth-order valence-electron chi connectivity index (χ4n) is 1.53. The van der Waals surface area contributed by atoms with Crippen LogP contribution < -0.4 is 0 Å². The summed E-state index contributed by atoms with van der Waals surface area (Å²) in [5.74, 6) is 0. The van der Waals surface area contributed by atoms with Crippen LogP contribution in [0.2, 0.25) is 0 Å². The Kier molecular flexibility index (Phi) is 3.02. The second-order valence-corrected chi connectivity index (χ2v) is 3.11. The molecule has 1 aliphatic heterocycles. The summed E-state index contributed by atoms with van der Waals surface area (Å²) in [6, 6.07) is 0. The molecule has 1 aliphatic rings. The van der Waals surface area contributed by atoms with E-state index >= 15 is 0 Å². The highest BCUT2D eigenvalue weighted by Crippen LogP contribution is 2.08. The van der Waals surface area contributed by atoms with Gasteiger partial charge in [0, 0.05) is 0 Å². The first-order valence-electron chi connectivity index (χ1n) is 4.23. The normalized spacial score (nSPS) is 23.0. The standard InChI is InChI=1S/C8H16NO2/c1-2-3-9(8-10)4-6-11-7-5-9/h8H,2-7H2,1H3/q+1. The molecule has 0 atom stereocenters. The van der Waals surface area contributed by atoms with E-state index in [1.165, 1.54) is 0 Å². The van der Waals surface area contributed by atoms with Gasteiger partial charge in [0.25, 0.3) is 0 Å². The summed E-state index contributed by atoms with van der Waals surface area (Å²) in [5.41, 5.74) is 0. The van der Waals surface area contributed by atoms with E-state index in [-0.39, 0.29) is 0 Å². The highest BCUT2D eigenvalue weighted by Gasteiger charge is 2.28. The summed E-state index contributed by atoms with van der Waals surface area (Å²) >= 11 is 0. The van der Waals surface area contributed by atoms with Gasteiger partial charge in [-0.2, -0.15) is 0 Å². The van der Waals surface area contributed by atoms with Gasteiger partial charge in [-0.25, -0.2) is 4.79 Å². The molecular formula is C8H16NO2+. The third kappa shape index (κ3) is 2.01. The third-order valence-corrected chi connectivity index (χ3v) is 2.25. The maximum Gasteiger partial charge on any atom is 0.301 e. The van der Waals surface area contributed by atoms with Crippen molar-refractivity contribution in [3.63, 3.8) is 0 Å². The Bertz CT molecular complexity index is 125. The van der Waals surface area contributed by atoms with Gasteiger partial charge in [0.2, 0.25) is 0 Å². The lowest BCUT2D eigenvalue weighted by Crippen LogP contribution is -2.54. The molecule has 0 aliphatic carbocycles. The average molecular weight is 158 g/mol. The van der Waals surface area contributed by atoms with Gasteiger partial charge < -0.3 is 4.74 Å². The van der Waals surface area contributed by atoms with Gasteiger partial charge in [-0.1, -0.05) is 6.92 Å². The lowest BCUT2D eigenvalue weighted by atomic mass is 10.3. The second-order valence-electron chi connectivity index (χ2n) is 3.11. The molecule has 0 N–H and O–H groups in total. The van der Waals surface area contributed by atoms with Gasteiger partial charge in [-0.15, -0.1) is 0 Å². The zero-order chi connectivity index (χ0) is 8.16. The molecule has 3 heteroatoms. The first-order valence-corrected chi connectivity index (χ1v) is 4.23. The van der Waals surface area contributed by atoms with Crippen molar-refractivity contribution in [2.45, 2.75) is 13.3 Å². The van der Waals surface area contributed by atoms with E-state index in [0.717, 1.165) is 45.7 Å². The van der Waals surface area contributed by atoms with Crippen molar-refractivity contribution in [1.82, 2.24) is 0 Å². The van der Waals surface area contributed by atoms with E-state index in [0.29, 0.717) is 4.48 Å². The van der Waals surface area contributed by atoms with Crippen molar-refractivity contribution in [2.75, 3.05) is 32.8 Å². The van der Waals surface area contributed by atoms with Crippen LogP contribution in [-0.4, -0.2) is 43.7 Å². The molecule has 0 bridgehead atoms. The van der Waals surface area contributed by atoms with Crippen LogP contribution in [0.5, 0.6) is 0 Å². The van der Waals surface area contributed by atoms with Crippen LogP contribution in [0.3, 0.4) is 0 Å². The molecule has 0 aromatic heterocycles. The Balaban J connectivity index is 2.49. The molecule has 0 aromatic carbocycles. The number of quaternary nitrogens is 1. The zero-order valence-electron chi connectivity index (χ0n) is 7.08. The first kappa shape index (κ1) is 8.68. The minimum Gasteiger partial charge on any atom is -0.370 e. The summed E-state index contributed by atoms with van der Waals surface area (Å²) in [7, 11) is 0. The maximum absolute atomic E-state index is 10.8. The van der Waals surface area contributed by atoms with Crippen LogP contribution in [0.1, 0.15) is 13.3 Å². The summed E-state index contributed by atoms with van der Waals surface area (Å²) in [4.78, 5) is 10.8. The predicted molar refractivity (Wildman–Crippen MR) is 42.0 cm³/mol. The molecular weight excluding hydrogens is 142 g/mol. The quantitative estimate of drug-likeness (QED) is 0.439. The van der Waals surface area contributed by atoms with Gasteiger partial charge in [-0.05, 0) is 6.42 Å². The van der Waals surface area contributed by atoms with Crippen LogP contribution in [0.4, 0.5) is 0 Å². The number of nitrogens with zero attached hydrogens (tertiary/aromatic N) is 1. The number of amides is 1. The third-order valence-electron chi connectivity index (χ3n) is 2.25. The van der Waals surface area contributed by atoms with Gasteiger partial charge in [0.05, 0.1) is 19.8 Å². The number of rotatable bonds is 3. The van der Waals surface area contributed by atoms with Gasteiger partial charge >= 0.3 is 6.41 Å². The number of carbonyl (C=O) groups excluding carboxylic acids is 1. The molecule has 1 amide bonds. The minimum absolute atomic E-state index is 0.608. The Morgan fingerprint density at radius 1 is 1.45 bits per heavy atom. The molecule has 1 saturated heterocycles. The molecule has 0 unspecified atom stereocenters. The van der Waals surface area contributed by atoms with Crippen LogP contribution in [0.15, 0.2) is 0 Å². The van der Waals surface area contributed by atoms with Crippen molar-refractivity contribution in [3.8, 4) is 0 Å². The highest BCUT2D eigenvalue weighted by molar-refractivity contribution is 5.37. The van der Waals surface area contributed by atoms with Crippen molar-refractivity contribution < 1.29 is 14.0 Å². The van der Waals surface area contributed by atoms with Crippen molar-refractivity contribution >= 4 is 6.41 Å². The summed E-state index contributed by atoms with van der Waals surface area (Å²) in [5, 5.41) is 0. The van der Waals surface area contributed by atoms with E-state index in [9.17, 15) is 4.79 Å². The highest BCUT2D eigenvalue weighted by atomic mass is 16.5. The van der Waals surface area contributed by atoms with E-state index in [2.05, 4.69) is 6.92 Å². The SMILES string of the molecule is CCC[N+]1(C=O)CCOCC1. The van der Waals surface area contributed by atoms with Gasteiger partial charge in [0.15, 0.2) is 0 Å². The maximum atomic E-state index is 10.8. The fourth-order valence-corrected chi connectivity index (χ4v) is 1.53. The molecule has 1 heterocycles. The minimum atomic E-state index is 0.608. The average Bonchev–Trinajstić information content (AvgIpc) is 2.07. The topological polar surface area (TPSA) is 26.3 Å². The molecule has 0 radical (unpaired) electrons. The van der Waals surface area contributed by atoms with E-state index in [1.807, 2.05) is 0 Å². The van der Waals surface area contributed by atoms with Crippen LogP contribution in [-0.2, 0) is 9.53 Å². The Labute approximate surface area is 67.5 Å². The van der Waals surface area contributed by atoms with Crippen LogP contribution in [0.25, 0.3) is 0 Å². The smallest absolute Gasteiger partial charge is 0.301 e. The largest absolute Gasteiger partial charge is 0.370 e. The number of hydrogen-bond donors (Lipinski definition) is 0. The van der Waals surface area contributed by atoms with Crippen LogP contribution >= 0.6 is 0 Å². The summed E-state index contributed by atoms with van der Waals surface area (Å²) < 4.78 is 5.81. The predicted octanol–water partition coefficient (Wildman–Crippen LogP) is 0.400. The van der Waals surface area contributed by atoms with Gasteiger partial charge in [-0.3, -0.25) is 4.48 Å². The number of carbonyl (C=O) groups is 1. The first-order chi connectivity index (χ1) is 5.33. The summed E-state index contributed by atoms with van der Waals surface area (Å²) in [6.07, 6.45) is 2.14. The van der Waals surface area contributed by atoms with Crippen molar-refractivity contribution in [2.24, 2.45) is 0 Å². The van der Waals surface area contributed by atoms with Crippen LogP contribution in [0, 0.1) is 0 Å². The molecule has 11 heavy (non-hydrogen) atoms. The van der Waals surface area contributed by atoms with E-state index < -0.39 is 0 Å². The zero-order valence-corrected chi connectivity index (χ0v) is 7.08. The monoisotopic (exact) mass is 158 g/mol. The molecule has 1 rings (SSSR count). The molecule has 0 spiro atoms. The van der Waals surface area contributed by atoms with Crippen molar-refractivity contribution in [1.29, 1.82) is 0 Å². The van der Waals surface area contributed by atoms with Crippen molar-refractivity contribution in [3.05, 3.63) is 0 Å².